The Hall–Kier alpha value is -3.01. The van der Waals surface area contributed by atoms with Crippen molar-refractivity contribution in [2.45, 2.75) is 58.0 Å². The lowest BCUT2D eigenvalue weighted by molar-refractivity contribution is -0.123. The van der Waals surface area contributed by atoms with Gasteiger partial charge < -0.3 is 16.8 Å². The van der Waals surface area contributed by atoms with Crippen molar-refractivity contribution in [3.63, 3.8) is 0 Å². The lowest BCUT2D eigenvalue weighted by Gasteiger charge is -2.32. The van der Waals surface area contributed by atoms with Gasteiger partial charge in [-0.05, 0) is 54.9 Å². The largest absolute Gasteiger partial charge is 0.395 e. The number of amides is 3. The van der Waals surface area contributed by atoms with Gasteiger partial charge in [0.05, 0.1) is 5.69 Å². The molecule has 1 unspecified atom stereocenters. The molecule has 3 rings (SSSR count). The molecule has 1 aliphatic rings. The zero-order valence-corrected chi connectivity index (χ0v) is 19.0. The Balaban J connectivity index is 2.05. The van der Waals surface area contributed by atoms with Crippen molar-refractivity contribution >= 4 is 40.6 Å². The fourth-order valence-electron chi connectivity index (χ4n) is 3.95. The van der Waals surface area contributed by atoms with Gasteiger partial charge in [0.15, 0.2) is 5.69 Å². The summed E-state index contributed by atoms with van der Waals surface area (Å²) in [5, 5.41) is 3.05. The average molecular weight is 462 g/mol. The van der Waals surface area contributed by atoms with Crippen LogP contribution in [0.15, 0.2) is 24.3 Å². The summed E-state index contributed by atoms with van der Waals surface area (Å²) < 4.78 is 18.0. The van der Waals surface area contributed by atoms with Gasteiger partial charge in [-0.1, -0.05) is 32.8 Å². The molecule has 1 aromatic heterocycles. The summed E-state index contributed by atoms with van der Waals surface area (Å²) in [6, 6.07) is 4.63. The van der Waals surface area contributed by atoms with Crippen LogP contribution in [0.2, 0.25) is 0 Å². The van der Waals surface area contributed by atoms with E-state index in [-0.39, 0.29) is 39.8 Å². The Morgan fingerprint density at radius 1 is 1.28 bits per heavy atom. The summed E-state index contributed by atoms with van der Waals surface area (Å²) >= 11 is 0.728. The van der Waals surface area contributed by atoms with E-state index in [9.17, 15) is 18.8 Å². The van der Waals surface area contributed by atoms with Crippen molar-refractivity contribution in [2.75, 3.05) is 10.6 Å². The second-order valence-corrected chi connectivity index (χ2v) is 9.20. The Morgan fingerprint density at radius 2 is 1.97 bits per heavy atom. The molecule has 0 radical (unpaired) electrons. The van der Waals surface area contributed by atoms with Crippen molar-refractivity contribution in [2.24, 2.45) is 11.7 Å². The van der Waals surface area contributed by atoms with Crippen LogP contribution in [0.1, 0.15) is 66.1 Å². The number of aromatic nitrogens is 1. The summed E-state index contributed by atoms with van der Waals surface area (Å²) in [5.74, 6) is -2.27. The highest BCUT2D eigenvalue weighted by Gasteiger charge is 2.36. The van der Waals surface area contributed by atoms with Gasteiger partial charge in [0.25, 0.3) is 11.8 Å². The first kappa shape index (κ1) is 23.6. The quantitative estimate of drug-likeness (QED) is 0.556. The molecule has 1 atom stereocenters. The summed E-state index contributed by atoms with van der Waals surface area (Å²) in [4.78, 5) is 39.8. The molecule has 1 saturated carbocycles. The molecule has 32 heavy (non-hydrogen) atoms. The van der Waals surface area contributed by atoms with Crippen molar-refractivity contribution < 1.29 is 18.8 Å². The van der Waals surface area contributed by atoms with E-state index in [1.807, 2.05) is 13.8 Å². The summed E-state index contributed by atoms with van der Waals surface area (Å²) in [5.41, 5.74) is 11.1. The molecule has 172 valence electrons. The molecular formula is C22H28FN5O3S. The molecule has 1 heterocycles. The summed E-state index contributed by atoms with van der Waals surface area (Å²) in [7, 11) is 0. The Bertz CT molecular complexity index is 1000. The summed E-state index contributed by atoms with van der Waals surface area (Å²) in [6.45, 7) is 3.88. The molecular weight excluding hydrogens is 433 g/mol. The Kier molecular flexibility index (Phi) is 7.44. The van der Waals surface area contributed by atoms with E-state index in [0.717, 1.165) is 37.2 Å². The monoisotopic (exact) mass is 461 g/mol. The first-order chi connectivity index (χ1) is 15.2. The van der Waals surface area contributed by atoms with Gasteiger partial charge in [-0.15, -0.1) is 0 Å². The molecule has 0 spiro atoms. The van der Waals surface area contributed by atoms with Crippen LogP contribution in [0.5, 0.6) is 0 Å². The number of anilines is 2. The molecule has 10 heteroatoms. The standard InChI is InChI=1S/C22H28FN5O3S/c1-12(2)10-16(21(30)26-14-7-3-4-8-14)28(15-9-5-6-13(23)11-15)22(31)19-17(24)18(20(25)29)27-32-19/h5-6,9,11-12,14,16H,3-4,7-8,10,24H2,1-2H3,(H2,25,29)(H,26,30). The minimum Gasteiger partial charge on any atom is -0.395 e. The van der Waals surface area contributed by atoms with Crippen LogP contribution in [0, 0.1) is 11.7 Å². The van der Waals surface area contributed by atoms with E-state index in [1.54, 1.807) is 6.07 Å². The van der Waals surface area contributed by atoms with E-state index in [4.69, 9.17) is 11.5 Å². The van der Waals surface area contributed by atoms with Crippen LogP contribution in [0.3, 0.4) is 0 Å². The van der Waals surface area contributed by atoms with E-state index in [2.05, 4.69) is 9.69 Å². The highest BCUT2D eigenvalue weighted by atomic mass is 32.1. The van der Waals surface area contributed by atoms with E-state index >= 15 is 0 Å². The maximum atomic E-state index is 14.1. The van der Waals surface area contributed by atoms with Crippen molar-refractivity contribution in [1.82, 2.24) is 9.69 Å². The third kappa shape index (κ3) is 5.24. The third-order valence-corrected chi connectivity index (χ3v) is 6.32. The van der Waals surface area contributed by atoms with E-state index in [0.29, 0.717) is 6.42 Å². The second-order valence-electron chi connectivity index (χ2n) is 8.43. The number of nitrogen functional groups attached to an aromatic ring is 1. The molecule has 2 aromatic rings. The van der Waals surface area contributed by atoms with Crippen LogP contribution in [0.4, 0.5) is 15.8 Å². The number of primary amides is 1. The van der Waals surface area contributed by atoms with E-state index in [1.165, 1.54) is 23.1 Å². The highest BCUT2D eigenvalue weighted by molar-refractivity contribution is 7.09. The molecule has 1 aromatic carbocycles. The molecule has 0 saturated heterocycles. The maximum Gasteiger partial charge on any atom is 0.272 e. The van der Waals surface area contributed by atoms with E-state index < -0.39 is 23.7 Å². The number of hydrogen-bond donors (Lipinski definition) is 3. The van der Waals surface area contributed by atoms with Crippen LogP contribution < -0.4 is 21.7 Å². The fraction of sp³-hybridized carbons (Fsp3) is 0.455. The zero-order chi connectivity index (χ0) is 23.4. The number of benzene rings is 1. The average Bonchev–Trinajstić information content (AvgIpc) is 3.36. The normalized spacial score (nSPS) is 15.0. The van der Waals surface area contributed by atoms with Crippen LogP contribution in [0.25, 0.3) is 0 Å². The number of carbonyl (C=O) groups excluding carboxylic acids is 3. The van der Waals surface area contributed by atoms with Gasteiger partial charge in [0.2, 0.25) is 5.91 Å². The molecule has 1 fully saturated rings. The van der Waals surface area contributed by atoms with Gasteiger partial charge in [-0.25, -0.2) is 4.39 Å². The van der Waals surface area contributed by atoms with Crippen molar-refractivity contribution in [3.8, 4) is 0 Å². The predicted octanol–water partition coefficient (Wildman–Crippen LogP) is 3.08. The minimum absolute atomic E-state index is 0.0227. The lowest BCUT2D eigenvalue weighted by atomic mass is 9.99. The number of hydrogen-bond acceptors (Lipinski definition) is 6. The highest BCUT2D eigenvalue weighted by Crippen LogP contribution is 2.30. The van der Waals surface area contributed by atoms with Crippen LogP contribution in [-0.4, -0.2) is 34.2 Å². The van der Waals surface area contributed by atoms with Crippen molar-refractivity contribution in [1.29, 1.82) is 0 Å². The fourth-order valence-corrected chi connectivity index (χ4v) is 4.69. The summed E-state index contributed by atoms with van der Waals surface area (Å²) in [6.07, 6.45) is 4.21. The molecule has 0 aliphatic heterocycles. The zero-order valence-electron chi connectivity index (χ0n) is 18.1. The number of nitrogens with zero attached hydrogens (tertiary/aromatic N) is 2. The van der Waals surface area contributed by atoms with Crippen molar-refractivity contribution in [3.05, 3.63) is 40.7 Å². The van der Waals surface area contributed by atoms with Gasteiger partial charge in [0.1, 0.15) is 16.7 Å². The molecule has 5 N–H and O–H groups in total. The molecule has 0 bridgehead atoms. The SMILES string of the molecule is CC(C)CC(C(=O)NC1CCCC1)N(C(=O)c1snc(C(N)=O)c1N)c1cccc(F)c1. The number of carbonyl (C=O) groups is 3. The first-order valence-electron chi connectivity index (χ1n) is 10.6. The van der Waals surface area contributed by atoms with Gasteiger partial charge in [-0.3, -0.25) is 19.3 Å². The number of nitrogens with two attached hydrogens (primary N) is 2. The number of rotatable bonds is 8. The molecule has 8 nitrogen and oxygen atoms in total. The molecule has 3 amide bonds. The molecule has 1 aliphatic carbocycles. The Morgan fingerprint density at radius 3 is 2.53 bits per heavy atom. The van der Waals surface area contributed by atoms with Crippen LogP contribution in [-0.2, 0) is 4.79 Å². The minimum atomic E-state index is -0.900. The first-order valence-corrected chi connectivity index (χ1v) is 11.4. The number of nitrogens with one attached hydrogen (secondary N) is 1. The predicted molar refractivity (Wildman–Crippen MR) is 122 cm³/mol. The smallest absolute Gasteiger partial charge is 0.272 e. The van der Waals surface area contributed by atoms with Gasteiger partial charge >= 0.3 is 0 Å². The van der Waals surface area contributed by atoms with Gasteiger partial charge in [-0.2, -0.15) is 4.37 Å². The maximum absolute atomic E-state index is 14.1. The third-order valence-electron chi connectivity index (χ3n) is 5.47. The lowest BCUT2D eigenvalue weighted by Crippen LogP contribution is -2.52. The van der Waals surface area contributed by atoms with Crippen LogP contribution >= 0.6 is 11.5 Å². The Labute approximate surface area is 190 Å². The topological polar surface area (TPSA) is 131 Å². The number of halogens is 1. The van der Waals surface area contributed by atoms with Gasteiger partial charge in [0, 0.05) is 11.7 Å². The second kappa shape index (κ2) is 10.1.